The van der Waals surface area contributed by atoms with Gasteiger partial charge in [0.05, 0.1) is 18.3 Å². The van der Waals surface area contributed by atoms with E-state index >= 15 is 0 Å². The van der Waals surface area contributed by atoms with Crippen molar-refractivity contribution < 1.29 is 28.4 Å². The van der Waals surface area contributed by atoms with Crippen molar-refractivity contribution in [2.45, 2.75) is 77.9 Å². The summed E-state index contributed by atoms with van der Waals surface area (Å²) in [5.74, 6) is 1.16. The smallest absolute Gasteiger partial charge is 0.293 e. The summed E-state index contributed by atoms with van der Waals surface area (Å²) in [5.41, 5.74) is 7.38. The van der Waals surface area contributed by atoms with Gasteiger partial charge in [-0.25, -0.2) is 4.98 Å². The van der Waals surface area contributed by atoms with Crippen LogP contribution in [0.4, 0.5) is 5.69 Å². The van der Waals surface area contributed by atoms with Gasteiger partial charge in [-0.05, 0) is 97.8 Å². The van der Waals surface area contributed by atoms with Gasteiger partial charge < -0.3 is 24.2 Å². The summed E-state index contributed by atoms with van der Waals surface area (Å²) in [6.07, 6.45) is 3.90. The van der Waals surface area contributed by atoms with Crippen LogP contribution in [0.3, 0.4) is 0 Å². The van der Waals surface area contributed by atoms with Crippen LogP contribution < -0.4 is 25.0 Å². The lowest BCUT2D eigenvalue weighted by molar-refractivity contribution is -0.138. The zero-order valence-corrected chi connectivity index (χ0v) is 33.9. The largest absolute Gasteiger partial charge is 0.493 e. The average Bonchev–Trinajstić information content (AvgIpc) is 3.91. The Balaban J connectivity index is 0.852. The minimum atomic E-state index is -0.661. The number of aryl methyl sites for hydroxylation is 1. The van der Waals surface area contributed by atoms with Gasteiger partial charge in [-0.1, -0.05) is 50.2 Å². The fourth-order valence-electron chi connectivity index (χ4n) is 7.56. The predicted molar refractivity (Wildman–Crippen MR) is 222 cm³/mol. The molecular formula is C45H48N8O6. The van der Waals surface area contributed by atoms with E-state index in [-0.39, 0.29) is 35.5 Å². The highest BCUT2D eigenvalue weighted by atomic mass is 16.5. The van der Waals surface area contributed by atoms with Gasteiger partial charge in [0.25, 0.3) is 17.6 Å². The summed E-state index contributed by atoms with van der Waals surface area (Å²) in [6.45, 7) is 12.3. The first-order valence-corrected chi connectivity index (χ1v) is 20.1. The van der Waals surface area contributed by atoms with Crippen LogP contribution in [0.5, 0.6) is 11.5 Å². The maximum atomic E-state index is 12.9. The van der Waals surface area contributed by atoms with E-state index in [1.807, 2.05) is 65.1 Å². The summed E-state index contributed by atoms with van der Waals surface area (Å²) in [7, 11) is 0. The summed E-state index contributed by atoms with van der Waals surface area (Å²) in [4.78, 5) is 47.7. The molecule has 2 saturated heterocycles. The Morgan fingerprint density at radius 2 is 1.68 bits per heavy atom. The normalized spacial score (nSPS) is 16.8. The van der Waals surface area contributed by atoms with Crippen LogP contribution in [0.15, 0.2) is 83.5 Å². The number of carbonyl (C=O) groups excluding carboxylic acids is 3. The highest BCUT2D eigenvalue weighted by Gasteiger charge is 2.29. The monoisotopic (exact) mass is 796 g/mol. The van der Waals surface area contributed by atoms with Gasteiger partial charge in [0, 0.05) is 59.7 Å². The number of imide groups is 1. The zero-order chi connectivity index (χ0) is 41.3. The average molecular weight is 797 g/mol. The van der Waals surface area contributed by atoms with E-state index in [0.717, 1.165) is 70.6 Å². The molecule has 0 bridgehead atoms. The van der Waals surface area contributed by atoms with Crippen LogP contribution in [0, 0.1) is 12.8 Å². The molecule has 2 aliphatic rings. The molecule has 0 radical (unpaired) electrons. The molecular weight excluding hydrogens is 749 g/mol. The minimum Gasteiger partial charge on any atom is -0.493 e. The number of piperidine rings is 2. The number of amides is 3. The predicted octanol–water partition coefficient (Wildman–Crippen LogP) is 7.25. The van der Waals surface area contributed by atoms with E-state index in [1.165, 1.54) is 5.69 Å². The Bertz CT molecular complexity index is 2480. The summed E-state index contributed by atoms with van der Waals surface area (Å²) >= 11 is 0. The Morgan fingerprint density at radius 3 is 2.37 bits per heavy atom. The fraction of sp³-hybridized carbons (Fsp3) is 0.356. The first-order chi connectivity index (χ1) is 28.4. The van der Waals surface area contributed by atoms with Crippen molar-refractivity contribution in [3.63, 3.8) is 0 Å². The lowest BCUT2D eigenvalue weighted by Crippen LogP contribution is -2.46. The fourth-order valence-corrected chi connectivity index (χ4v) is 7.56. The van der Waals surface area contributed by atoms with Crippen molar-refractivity contribution >= 4 is 34.4 Å². The van der Waals surface area contributed by atoms with E-state index in [1.54, 1.807) is 12.1 Å². The molecule has 0 aliphatic carbocycles. The molecule has 0 saturated carbocycles. The van der Waals surface area contributed by atoms with E-state index in [0.29, 0.717) is 36.2 Å². The number of hydrogen-bond acceptors (Lipinski definition) is 11. The SMILES string of the molecule is Cc1cc(-c2[nH]nc3ncc(-c4ccc(N5CCC(COc6ccc(OC7CCC(=O)NC7=O)cc6)CC5)cc4)cc23)ccc1C(C)NC(=O)c1noc(C(C)(C)C)n1. The number of nitrogens with one attached hydrogen (secondary N) is 3. The number of H-pyrrole nitrogens is 1. The lowest BCUT2D eigenvalue weighted by atomic mass is 9.96. The van der Waals surface area contributed by atoms with Gasteiger partial charge >= 0.3 is 0 Å². The number of pyridine rings is 1. The second-order valence-corrected chi connectivity index (χ2v) is 16.5. The number of anilines is 1. The minimum absolute atomic E-state index is 0.0175. The van der Waals surface area contributed by atoms with Crippen molar-refractivity contribution in [3.8, 4) is 33.9 Å². The summed E-state index contributed by atoms with van der Waals surface area (Å²) in [6, 6.07) is 23.9. The van der Waals surface area contributed by atoms with Crippen molar-refractivity contribution in [1.29, 1.82) is 0 Å². The molecule has 14 heteroatoms. The van der Waals surface area contributed by atoms with Gasteiger partial charge in [-0.3, -0.25) is 24.8 Å². The molecule has 6 aromatic rings. The second-order valence-electron chi connectivity index (χ2n) is 16.5. The quantitative estimate of drug-likeness (QED) is 0.113. The molecule has 0 spiro atoms. The number of benzene rings is 3. The number of hydrogen-bond donors (Lipinski definition) is 3. The molecule has 5 heterocycles. The van der Waals surface area contributed by atoms with Crippen LogP contribution in [-0.4, -0.2) is 68.8 Å². The van der Waals surface area contributed by atoms with Crippen molar-refractivity contribution in [2.24, 2.45) is 5.92 Å². The highest BCUT2D eigenvalue weighted by Crippen LogP contribution is 2.33. The number of ether oxygens (including phenoxy) is 2. The summed E-state index contributed by atoms with van der Waals surface area (Å²) < 4.78 is 17.2. The highest BCUT2D eigenvalue weighted by molar-refractivity contribution is 6.00. The Labute approximate surface area is 342 Å². The topological polar surface area (TPSA) is 177 Å². The van der Waals surface area contributed by atoms with E-state index in [4.69, 9.17) is 14.0 Å². The standard InChI is InChI=1S/C45H48N8O6/c1-26-22-30(8-15-35(26)27(2)47-43(56)41-49-44(59-52-41)45(3,4)5)39-36-23-31(24-46-40(36)51-50-39)29-6-9-32(10-7-29)53-20-18-28(19-21-53)25-57-33-11-13-34(14-12-33)58-37-16-17-38(54)48-42(37)55/h6-15,22-24,27-28,37H,16-21,25H2,1-5H3,(H,47,56)(H,46,50,51)(H,48,54,55). The van der Waals surface area contributed by atoms with E-state index in [9.17, 15) is 14.4 Å². The Kier molecular flexibility index (Phi) is 10.9. The first kappa shape index (κ1) is 39.3. The summed E-state index contributed by atoms with van der Waals surface area (Å²) in [5, 5.41) is 17.8. The molecule has 3 N–H and O–H groups in total. The molecule has 304 valence electrons. The maximum Gasteiger partial charge on any atom is 0.293 e. The molecule has 3 amide bonds. The molecule has 2 fully saturated rings. The van der Waals surface area contributed by atoms with Crippen LogP contribution in [0.1, 0.15) is 87.1 Å². The Hall–Kier alpha value is -6.57. The third-order valence-corrected chi connectivity index (χ3v) is 11.0. The number of aromatic nitrogens is 5. The van der Waals surface area contributed by atoms with Crippen LogP contribution >= 0.6 is 0 Å². The van der Waals surface area contributed by atoms with Gasteiger partial charge in [-0.2, -0.15) is 10.1 Å². The van der Waals surface area contributed by atoms with E-state index < -0.39 is 12.0 Å². The van der Waals surface area contributed by atoms with Gasteiger partial charge in [0.15, 0.2) is 11.8 Å². The van der Waals surface area contributed by atoms with Crippen molar-refractivity contribution in [1.82, 2.24) is 36.0 Å². The number of rotatable bonds is 11. The number of aromatic amines is 1. The Morgan fingerprint density at radius 1 is 0.949 bits per heavy atom. The van der Waals surface area contributed by atoms with Gasteiger partial charge in [0.1, 0.15) is 11.5 Å². The van der Waals surface area contributed by atoms with Crippen LogP contribution in [0.25, 0.3) is 33.4 Å². The molecule has 59 heavy (non-hydrogen) atoms. The molecule has 8 rings (SSSR count). The van der Waals surface area contributed by atoms with Gasteiger partial charge in [0.2, 0.25) is 11.8 Å². The molecule has 3 aromatic heterocycles. The maximum absolute atomic E-state index is 12.9. The lowest BCUT2D eigenvalue weighted by Gasteiger charge is -2.33. The van der Waals surface area contributed by atoms with E-state index in [2.05, 4.69) is 77.3 Å². The van der Waals surface area contributed by atoms with Crippen LogP contribution in [-0.2, 0) is 15.0 Å². The van der Waals surface area contributed by atoms with Gasteiger partial charge in [-0.15, -0.1) is 0 Å². The zero-order valence-electron chi connectivity index (χ0n) is 33.9. The second kappa shape index (κ2) is 16.4. The molecule has 2 aliphatic heterocycles. The number of nitrogens with zero attached hydrogens (tertiary/aromatic N) is 5. The van der Waals surface area contributed by atoms with Crippen molar-refractivity contribution in [2.75, 3.05) is 24.6 Å². The molecule has 14 nitrogen and oxygen atoms in total. The first-order valence-electron chi connectivity index (χ1n) is 20.1. The number of fused-ring (bicyclic) bond motifs is 1. The molecule has 2 atom stereocenters. The molecule has 2 unspecified atom stereocenters. The molecule has 3 aromatic carbocycles. The van der Waals surface area contributed by atoms with Crippen LogP contribution in [0.2, 0.25) is 0 Å². The van der Waals surface area contributed by atoms with Crippen molar-refractivity contribution in [3.05, 3.63) is 102 Å². The number of carbonyl (C=O) groups is 3. The third kappa shape index (κ3) is 8.81. The third-order valence-electron chi connectivity index (χ3n) is 11.0.